The van der Waals surface area contributed by atoms with Crippen molar-refractivity contribution in [3.63, 3.8) is 0 Å². The van der Waals surface area contributed by atoms with Crippen molar-refractivity contribution in [1.29, 1.82) is 0 Å². The van der Waals surface area contributed by atoms with Crippen molar-refractivity contribution < 1.29 is 90.2 Å². The number of aryl methyl sites for hydroxylation is 2. The molecule has 0 unspecified atom stereocenters. The molecule has 0 aliphatic heterocycles. The minimum atomic E-state index is -4.37. The highest BCUT2D eigenvalue weighted by Gasteiger charge is 2.30. The molecule has 0 spiro atoms. The van der Waals surface area contributed by atoms with Gasteiger partial charge in [0.1, 0.15) is 45.9 Å². The van der Waals surface area contributed by atoms with Gasteiger partial charge in [-0.15, -0.1) is 0 Å². The van der Waals surface area contributed by atoms with Crippen molar-refractivity contribution in [2.75, 3.05) is 31.9 Å². The number of alkyl halides is 3. The van der Waals surface area contributed by atoms with E-state index < -0.39 is 58.5 Å². The minimum Gasteiger partial charge on any atom is -0.506 e. The van der Waals surface area contributed by atoms with Crippen LogP contribution in [0.25, 0.3) is 0 Å². The Morgan fingerprint density at radius 2 is 0.750 bits per heavy atom. The van der Waals surface area contributed by atoms with E-state index in [1.807, 2.05) is 203 Å². The first kappa shape index (κ1) is 115. The number of rotatable bonds is 21. The summed E-state index contributed by atoms with van der Waals surface area (Å²) in [6.45, 7) is 19.3. The Hall–Kier alpha value is -7.69. The standard InChI is InChI=1S/C20H23I2NO2.C17H16Cl3NO2.C17H17I2NO2.C16H10F3I2NO3S.C16H14FNO3.C13H8FI2NO2/c1-2-3-4-5-6-7-14-8-10-16(11-9-14)23-20(25)17-12-15(21)13-18(22)19(17)24;1-17(2,3)9-4-6-10(7-5-9)21-16(23)13-14(20)11(18)8-12(19)15(13)22;1-17(2,3)10-4-6-12(7-5-10)20-16(22)13-8-11(18)9-14(19)15(13)21;1-8(23)25-14-12(6-9(20)7-13(14)21)15(24)22-10-2-4-11(5-3-10)26-16(17,18)19;1-10-7-8-12(15(9-10)21-11(2)19)16(20)18-14-6-4-3-5-13(14)17;14-9-3-1-2-4-11(9)17-13(19)8-5-7(15)6-10(16)12(8)18/h8-13,24H,2-7H2,1H3,(H,23,25);4-8,22H,1-3H3,(H,21,23);4-9,21H,1-3H3,(H,20,22);2-7H,1H3,(H,22,24);3-9H,1-2H3,(H,18,20);1-6,18H,(H,17,19). The predicted molar refractivity (Wildman–Crippen MR) is 597 cm³/mol. The number of esters is 2. The summed E-state index contributed by atoms with van der Waals surface area (Å²) in [6, 6.07) is 59.9. The number of hydrogen-bond acceptors (Lipinski definition) is 15. The van der Waals surface area contributed by atoms with Crippen LogP contribution in [0.3, 0.4) is 0 Å². The molecule has 0 aromatic heterocycles. The summed E-state index contributed by atoms with van der Waals surface area (Å²) >= 11 is 33.8. The van der Waals surface area contributed by atoms with E-state index in [1.165, 1.54) is 130 Å². The van der Waals surface area contributed by atoms with Crippen molar-refractivity contribution in [2.45, 2.75) is 129 Å². The molecule has 20 nitrogen and oxygen atoms in total. The maximum absolute atomic E-state index is 13.5. The molecular weight excluding hydrogens is 2750 g/mol. The van der Waals surface area contributed by atoms with Crippen LogP contribution in [0.1, 0.15) is 179 Å². The van der Waals surface area contributed by atoms with Gasteiger partial charge in [-0.1, -0.05) is 176 Å². The number of ether oxygens (including phenoxy) is 2. The number of nitrogens with one attached hydrogen (secondary N) is 6. The van der Waals surface area contributed by atoms with Crippen LogP contribution < -0.4 is 41.4 Å². The van der Waals surface area contributed by atoms with Gasteiger partial charge in [-0.3, -0.25) is 38.4 Å². The SMILES string of the molecule is CC(=O)Oc1c(I)cc(I)cc1C(=O)Nc1ccc(SC(F)(F)F)cc1.CC(=O)Oc1cc(C)ccc1C(=O)Nc1ccccc1F.CC(C)(C)c1ccc(NC(=O)c2c(O)c(Cl)cc(Cl)c2Cl)cc1.CC(C)(C)c1ccc(NC(=O)c2cc(I)cc(I)c2O)cc1.CCCCCCCc1ccc(NC(=O)c2cc(I)cc(I)c2O)cc1.O=C(Nc1ccccc1F)c1cc(I)cc(I)c1O. The van der Waals surface area contributed by atoms with Crippen LogP contribution in [-0.4, -0.2) is 73.3 Å². The molecule has 12 rings (SSSR count). The maximum Gasteiger partial charge on any atom is 0.446 e. The van der Waals surface area contributed by atoms with Crippen molar-refractivity contribution in [3.05, 3.63) is 329 Å². The van der Waals surface area contributed by atoms with Gasteiger partial charge in [0.2, 0.25) is 0 Å². The van der Waals surface area contributed by atoms with Crippen molar-refractivity contribution in [1.82, 2.24) is 0 Å². The predicted octanol–water partition coefficient (Wildman–Crippen LogP) is 30.4. The van der Waals surface area contributed by atoms with Crippen LogP contribution in [-0.2, 0) is 26.8 Å². The summed E-state index contributed by atoms with van der Waals surface area (Å²) in [5.74, 6) is -5.11. The van der Waals surface area contributed by atoms with Gasteiger partial charge in [-0.2, -0.15) is 13.2 Å². The molecule has 0 aliphatic carbocycles. The third kappa shape index (κ3) is 37.1. The Bertz CT molecular complexity index is 6300. The molecule has 37 heteroatoms. The number of unbranched alkanes of at least 4 members (excludes halogenated alkanes) is 4. The summed E-state index contributed by atoms with van der Waals surface area (Å²) in [6.07, 6.45) is 7.45. The molecule has 12 aromatic rings. The molecule has 0 fully saturated rings. The number of phenolic OH excluding ortho intramolecular Hbond substituents is 4. The zero-order chi connectivity index (χ0) is 101. The fourth-order valence-corrected chi connectivity index (χ4v) is 20.6. The van der Waals surface area contributed by atoms with Crippen molar-refractivity contribution in [3.8, 4) is 34.5 Å². The van der Waals surface area contributed by atoms with E-state index in [0.717, 1.165) is 37.5 Å². The normalized spacial score (nSPS) is 10.8. The Kier molecular flexibility index (Phi) is 46.1. The Morgan fingerprint density at radius 1 is 0.390 bits per heavy atom. The number of anilines is 6. The Balaban J connectivity index is 0.000000223. The lowest BCUT2D eigenvalue weighted by molar-refractivity contribution is -0.132. The molecule has 0 aliphatic rings. The van der Waals surface area contributed by atoms with Gasteiger partial charge in [0.25, 0.3) is 35.4 Å². The van der Waals surface area contributed by atoms with Gasteiger partial charge in [0.15, 0.2) is 5.75 Å². The van der Waals surface area contributed by atoms with Crippen molar-refractivity contribution in [2.24, 2.45) is 0 Å². The first-order chi connectivity index (χ1) is 63.8. The second-order valence-corrected chi connectivity index (χ2v) is 43.4. The molecule has 0 saturated carbocycles. The van der Waals surface area contributed by atoms with Crippen LogP contribution in [0.2, 0.25) is 15.1 Å². The highest BCUT2D eigenvalue weighted by molar-refractivity contribution is 14.1. The fourth-order valence-electron chi connectivity index (χ4n) is 11.9. The van der Waals surface area contributed by atoms with Crippen LogP contribution in [0.5, 0.6) is 34.5 Å². The first-order valence-electron chi connectivity index (χ1n) is 40.7. The lowest BCUT2D eigenvalue weighted by Crippen LogP contribution is -2.16. The average molecular weight is 2830 g/mol. The van der Waals surface area contributed by atoms with E-state index >= 15 is 0 Å². The van der Waals surface area contributed by atoms with Gasteiger partial charge >= 0.3 is 17.4 Å². The summed E-state index contributed by atoms with van der Waals surface area (Å²) < 4.78 is 80.1. The lowest BCUT2D eigenvalue weighted by atomic mass is 9.87. The number of carbonyl (C=O) groups excluding carboxylic acids is 8. The molecule has 136 heavy (non-hydrogen) atoms. The average Bonchev–Trinajstić information content (AvgIpc) is 0.771. The van der Waals surface area contributed by atoms with Gasteiger partial charge in [0.05, 0.1) is 68.5 Å². The number of phenols is 4. The third-order valence-corrected chi connectivity index (χ3v) is 26.3. The van der Waals surface area contributed by atoms with Crippen LogP contribution in [0.15, 0.2) is 223 Å². The van der Waals surface area contributed by atoms with E-state index in [-0.39, 0.29) is 122 Å². The second-order valence-electron chi connectivity index (χ2n) is 31.5. The zero-order valence-electron chi connectivity index (χ0n) is 73.9. The number of amides is 6. The summed E-state index contributed by atoms with van der Waals surface area (Å²) in [7, 11) is 0. The van der Waals surface area contributed by atoms with Crippen LogP contribution in [0, 0.1) is 47.1 Å². The highest BCUT2D eigenvalue weighted by atomic mass is 127. The smallest absolute Gasteiger partial charge is 0.446 e. The number of carbonyl (C=O) groups is 8. The molecule has 0 atom stereocenters. The maximum atomic E-state index is 13.5. The Morgan fingerprint density at radius 3 is 1.15 bits per heavy atom. The fraction of sp³-hybridized carbons (Fsp3) is 0.192. The van der Waals surface area contributed by atoms with E-state index in [4.69, 9.17) is 44.3 Å². The zero-order valence-corrected chi connectivity index (χ0v) is 94.2. The van der Waals surface area contributed by atoms with E-state index in [1.54, 1.807) is 72.8 Å². The van der Waals surface area contributed by atoms with E-state index in [2.05, 4.69) is 138 Å². The Labute approximate surface area is 912 Å². The molecule has 0 bridgehead atoms. The van der Waals surface area contributed by atoms with E-state index in [9.17, 15) is 80.7 Å². The number of benzene rings is 12. The summed E-state index contributed by atoms with van der Waals surface area (Å²) in [5, 5.41) is 55.9. The third-order valence-electron chi connectivity index (χ3n) is 18.7. The number of halogens is 16. The highest BCUT2D eigenvalue weighted by Crippen LogP contribution is 2.42. The quantitative estimate of drug-likeness (QED) is 0.00608. The number of hydrogen-bond donors (Lipinski definition) is 10. The van der Waals surface area contributed by atoms with Crippen molar-refractivity contribution >= 4 is 309 Å². The van der Waals surface area contributed by atoms with Crippen LogP contribution >= 0.6 is 227 Å². The largest absolute Gasteiger partial charge is 0.506 e. The number of thioether (sulfide) groups is 1. The minimum absolute atomic E-state index is 0.0138. The summed E-state index contributed by atoms with van der Waals surface area (Å²) in [4.78, 5) is 96.3. The van der Waals surface area contributed by atoms with Gasteiger partial charge in [-0.25, -0.2) is 8.78 Å². The summed E-state index contributed by atoms with van der Waals surface area (Å²) in [5.41, 5.74) is 3.60. The number of para-hydroxylation sites is 2. The molecule has 0 heterocycles. The van der Waals surface area contributed by atoms with Gasteiger partial charge < -0.3 is 61.8 Å². The van der Waals surface area contributed by atoms with Gasteiger partial charge in [-0.05, 0) is 397 Å². The molecule has 6 amide bonds. The second kappa shape index (κ2) is 54.4. The lowest BCUT2D eigenvalue weighted by Gasteiger charge is -2.19. The molecule has 716 valence electrons. The topological polar surface area (TPSA) is 308 Å². The van der Waals surface area contributed by atoms with Gasteiger partial charge in [0, 0.05) is 55.8 Å². The monoisotopic (exact) mass is 2830 g/mol. The van der Waals surface area contributed by atoms with Crippen LogP contribution in [0.4, 0.5) is 56.1 Å². The van der Waals surface area contributed by atoms with E-state index in [0.29, 0.717) is 36.9 Å². The first-order valence-corrected chi connectivity index (χ1v) is 51.3. The molecule has 12 aromatic carbocycles. The molecule has 0 radical (unpaired) electrons. The number of aromatic hydroxyl groups is 4. The molecule has 10 N–H and O–H groups in total. The molecular formula is C99H88Cl3F5I8N6O14S. The molecule has 0 saturated heterocycles.